The lowest BCUT2D eigenvalue weighted by molar-refractivity contribution is -0.231. The summed E-state index contributed by atoms with van der Waals surface area (Å²) < 4.78 is 15.1. The Morgan fingerprint density at radius 3 is 2.43 bits per heavy atom. The Balaban J connectivity index is 3.49. The monoisotopic (exact) mass is 207 g/mol. The maximum absolute atomic E-state index is 10.1. The van der Waals surface area contributed by atoms with E-state index in [2.05, 4.69) is 0 Å². The van der Waals surface area contributed by atoms with Gasteiger partial charge in [0.2, 0.25) is 0 Å². The highest BCUT2D eigenvalue weighted by atomic mass is 16.8. The summed E-state index contributed by atoms with van der Waals surface area (Å²) in [5.74, 6) is -1.03. The van der Waals surface area contributed by atoms with Crippen LogP contribution in [0.3, 0.4) is 0 Å². The molecule has 0 amide bonds. The smallest absolute Gasteiger partial charge is 0.329 e. The molecule has 2 unspecified atom stereocenters. The summed E-state index contributed by atoms with van der Waals surface area (Å²) in [6.45, 7) is 3.72. The zero-order chi connectivity index (χ0) is 11.0. The lowest BCUT2D eigenvalue weighted by atomic mass is 10.6. The first-order valence-corrected chi connectivity index (χ1v) is 4.36. The van der Waals surface area contributed by atoms with E-state index in [-0.39, 0.29) is 6.61 Å². The van der Waals surface area contributed by atoms with E-state index in [0.29, 0.717) is 13.2 Å². The molecule has 0 saturated heterocycles. The first-order valence-electron chi connectivity index (χ1n) is 4.36. The minimum Gasteiger partial charge on any atom is -0.480 e. The number of carboxylic acid groups (broad SMARTS) is 1. The number of aliphatic carboxylic acids is 1. The van der Waals surface area contributed by atoms with E-state index in [0.717, 1.165) is 0 Å². The number of rotatable bonds is 8. The van der Waals surface area contributed by atoms with E-state index in [4.69, 9.17) is 25.1 Å². The number of carbonyl (C=O) groups is 1. The highest BCUT2D eigenvalue weighted by Crippen LogP contribution is 2.00. The topological polar surface area (TPSA) is 91.0 Å². The third-order valence-corrected chi connectivity index (χ3v) is 1.30. The molecule has 2 atom stereocenters. The number of hydrogen-bond donors (Lipinski definition) is 2. The Labute approximate surface area is 82.9 Å². The molecule has 6 nitrogen and oxygen atoms in total. The van der Waals surface area contributed by atoms with Crippen LogP contribution in [0.25, 0.3) is 0 Å². The summed E-state index contributed by atoms with van der Waals surface area (Å²) in [7, 11) is 0. The Hall–Kier alpha value is -0.690. The summed E-state index contributed by atoms with van der Waals surface area (Å²) in [6.07, 6.45) is -1.07. The summed E-state index contributed by atoms with van der Waals surface area (Å²) in [4.78, 5) is 10.1. The molecular formula is C8H17NO5. The summed E-state index contributed by atoms with van der Waals surface area (Å²) in [5, 5.41) is 8.31. The van der Waals surface area contributed by atoms with Crippen molar-refractivity contribution in [2.75, 3.05) is 19.8 Å². The SMILES string of the molecule is CC(OCCN)OC(C)OCC(=O)O. The van der Waals surface area contributed by atoms with Gasteiger partial charge in [-0.2, -0.15) is 0 Å². The van der Waals surface area contributed by atoms with Crippen molar-refractivity contribution in [3.05, 3.63) is 0 Å². The molecular weight excluding hydrogens is 190 g/mol. The lowest BCUT2D eigenvalue weighted by Gasteiger charge is -2.18. The molecule has 0 rings (SSSR count). The fourth-order valence-corrected chi connectivity index (χ4v) is 0.771. The fraction of sp³-hybridized carbons (Fsp3) is 0.875. The second-order valence-corrected chi connectivity index (χ2v) is 2.64. The van der Waals surface area contributed by atoms with E-state index in [9.17, 15) is 4.79 Å². The van der Waals surface area contributed by atoms with Crippen LogP contribution in [0.4, 0.5) is 0 Å². The number of nitrogens with two attached hydrogens (primary N) is 1. The van der Waals surface area contributed by atoms with Crippen molar-refractivity contribution >= 4 is 5.97 Å². The molecule has 0 bridgehead atoms. The van der Waals surface area contributed by atoms with Gasteiger partial charge in [0.25, 0.3) is 0 Å². The number of carboxylic acids is 1. The van der Waals surface area contributed by atoms with Crippen LogP contribution < -0.4 is 5.73 Å². The largest absolute Gasteiger partial charge is 0.480 e. The predicted octanol–water partition coefficient (Wildman–Crippen LogP) is -0.228. The van der Waals surface area contributed by atoms with E-state index in [1.54, 1.807) is 13.8 Å². The van der Waals surface area contributed by atoms with E-state index in [1.807, 2.05) is 0 Å². The van der Waals surface area contributed by atoms with Gasteiger partial charge < -0.3 is 25.1 Å². The first-order chi connectivity index (χ1) is 6.56. The van der Waals surface area contributed by atoms with Gasteiger partial charge in [0.1, 0.15) is 6.61 Å². The molecule has 0 spiro atoms. The van der Waals surface area contributed by atoms with Gasteiger partial charge >= 0.3 is 5.97 Å². The highest BCUT2D eigenvalue weighted by Gasteiger charge is 2.10. The molecule has 0 aromatic carbocycles. The van der Waals surface area contributed by atoms with Gasteiger partial charge in [0.15, 0.2) is 12.6 Å². The van der Waals surface area contributed by atoms with Gasteiger partial charge in [0, 0.05) is 6.54 Å². The average molecular weight is 207 g/mol. The molecule has 0 aromatic rings. The van der Waals surface area contributed by atoms with Crippen molar-refractivity contribution < 1.29 is 24.1 Å². The lowest BCUT2D eigenvalue weighted by Crippen LogP contribution is -2.26. The summed E-state index contributed by atoms with van der Waals surface area (Å²) >= 11 is 0. The number of ether oxygens (including phenoxy) is 3. The zero-order valence-electron chi connectivity index (χ0n) is 8.43. The maximum atomic E-state index is 10.1. The van der Waals surface area contributed by atoms with Crippen LogP contribution in [0.2, 0.25) is 0 Å². The molecule has 84 valence electrons. The van der Waals surface area contributed by atoms with Crippen molar-refractivity contribution in [3.8, 4) is 0 Å². The van der Waals surface area contributed by atoms with Crippen molar-refractivity contribution in [3.63, 3.8) is 0 Å². The maximum Gasteiger partial charge on any atom is 0.329 e. The quantitative estimate of drug-likeness (QED) is 0.534. The van der Waals surface area contributed by atoms with Crippen LogP contribution in [-0.2, 0) is 19.0 Å². The Morgan fingerprint density at radius 2 is 1.93 bits per heavy atom. The Morgan fingerprint density at radius 1 is 1.36 bits per heavy atom. The van der Waals surface area contributed by atoms with Crippen LogP contribution in [0.1, 0.15) is 13.8 Å². The number of hydrogen-bond acceptors (Lipinski definition) is 5. The highest BCUT2D eigenvalue weighted by molar-refractivity contribution is 5.67. The minimum atomic E-state index is -1.03. The van der Waals surface area contributed by atoms with E-state index < -0.39 is 18.5 Å². The van der Waals surface area contributed by atoms with Crippen molar-refractivity contribution in [1.82, 2.24) is 0 Å². The standard InChI is InChI=1S/C8H17NO5/c1-6(12-4-3-9)14-7(2)13-5-8(10)11/h6-7H,3-5,9H2,1-2H3,(H,10,11). The second-order valence-electron chi connectivity index (χ2n) is 2.64. The Bertz CT molecular complexity index is 164. The van der Waals surface area contributed by atoms with Gasteiger partial charge in [-0.1, -0.05) is 0 Å². The van der Waals surface area contributed by atoms with Gasteiger partial charge in [-0.15, -0.1) is 0 Å². The Kier molecular flexibility index (Phi) is 7.31. The summed E-state index contributed by atoms with van der Waals surface area (Å²) in [6, 6.07) is 0. The molecule has 0 fully saturated rings. The van der Waals surface area contributed by atoms with Gasteiger partial charge in [-0.05, 0) is 13.8 Å². The van der Waals surface area contributed by atoms with Gasteiger partial charge in [-0.3, -0.25) is 0 Å². The van der Waals surface area contributed by atoms with Crippen LogP contribution >= 0.6 is 0 Å². The van der Waals surface area contributed by atoms with Crippen molar-refractivity contribution in [2.24, 2.45) is 5.73 Å². The van der Waals surface area contributed by atoms with Crippen LogP contribution in [0, 0.1) is 0 Å². The van der Waals surface area contributed by atoms with E-state index >= 15 is 0 Å². The molecule has 0 aliphatic heterocycles. The molecule has 6 heteroatoms. The first kappa shape index (κ1) is 13.3. The van der Waals surface area contributed by atoms with Crippen LogP contribution in [0.15, 0.2) is 0 Å². The molecule has 0 aliphatic carbocycles. The van der Waals surface area contributed by atoms with E-state index in [1.165, 1.54) is 0 Å². The third kappa shape index (κ3) is 7.93. The van der Waals surface area contributed by atoms with Crippen LogP contribution in [-0.4, -0.2) is 43.4 Å². The fourth-order valence-electron chi connectivity index (χ4n) is 0.771. The second kappa shape index (κ2) is 7.69. The molecule has 0 aliphatic rings. The van der Waals surface area contributed by atoms with Crippen molar-refractivity contribution in [2.45, 2.75) is 26.4 Å². The summed E-state index contributed by atoms with van der Waals surface area (Å²) in [5.41, 5.74) is 5.22. The zero-order valence-corrected chi connectivity index (χ0v) is 8.43. The predicted molar refractivity (Wildman–Crippen MR) is 48.6 cm³/mol. The van der Waals surface area contributed by atoms with Gasteiger partial charge in [-0.25, -0.2) is 4.79 Å². The van der Waals surface area contributed by atoms with Crippen LogP contribution in [0.5, 0.6) is 0 Å². The molecule has 0 aromatic heterocycles. The normalized spacial score (nSPS) is 15.1. The molecule has 14 heavy (non-hydrogen) atoms. The average Bonchev–Trinajstić information content (AvgIpc) is 2.11. The van der Waals surface area contributed by atoms with Crippen molar-refractivity contribution in [1.29, 1.82) is 0 Å². The van der Waals surface area contributed by atoms with Gasteiger partial charge in [0.05, 0.1) is 6.61 Å². The molecule has 0 radical (unpaired) electrons. The minimum absolute atomic E-state index is 0.384. The molecule has 0 heterocycles. The molecule has 3 N–H and O–H groups in total. The molecule has 0 saturated carbocycles. The third-order valence-electron chi connectivity index (χ3n) is 1.30.